The molecule has 1 aromatic heterocycles. The second kappa shape index (κ2) is 6.90. The highest BCUT2D eigenvalue weighted by Gasteiger charge is 2.32. The normalized spacial score (nSPS) is 18.7. The Kier molecular flexibility index (Phi) is 5.41. The van der Waals surface area contributed by atoms with Crippen LogP contribution in [0, 0.1) is 12.3 Å². The Labute approximate surface area is 130 Å². The average molecular weight is 311 g/mol. The van der Waals surface area contributed by atoms with E-state index in [0.29, 0.717) is 11.5 Å². The standard InChI is InChI=1S/C16H25NO3S/c1-4-16(11-18)5-7-17(8-6-16)10-13-9-14(15(19)20-3)21-12(13)2/h9,18H,4-8,10-11H2,1-3H3. The second-order valence-electron chi connectivity index (χ2n) is 5.97. The van der Waals surface area contributed by atoms with Crippen molar-refractivity contribution in [3.63, 3.8) is 0 Å². The highest BCUT2D eigenvalue weighted by atomic mass is 32.1. The van der Waals surface area contributed by atoms with Gasteiger partial charge in [-0.2, -0.15) is 0 Å². The van der Waals surface area contributed by atoms with E-state index in [4.69, 9.17) is 4.74 Å². The van der Waals surface area contributed by atoms with Gasteiger partial charge in [-0.05, 0) is 56.3 Å². The molecule has 0 unspecified atom stereocenters. The highest BCUT2D eigenvalue weighted by molar-refractivity contribution is 7.14. The molecule has 118 valence electrons. The van der Waals surface area contributed by atoms with Gasteiger partial charge in [0.2, 0.25) is 0 Å². The van der Waals surface area contributed by atoms with Gasteiger partial charge in [-0.25, -0.2) is 4.79 Å². The molecular formula is C16H25NO3S. The lowest BCUT2D eigenvalue weighted by Gasteiger charge is -2.40. The molecule has 1 N–H and O–H groups in total. The van der Waals surface area contributed by atoms with Crippen molar-refractivity contribution in [1.82, 2.24) is 4.90 Å². The van der Waals surface area contributed by atoms with Gasteiger partial charge in [-0.15, -0.1) is 11.3 Å². The van der Waals surface area contributed by atoms with E-state index in [1.165, 1.54) is 28.9 Å². The number of nitrogens with zero attached hydrogens (tertiary/aromatic N) is 1. The van der Waals surface area contributed by atoms with Gasteiger partial charge in [0, 0.05) is 18.0 Å². The summed E-state index contributed by atoms with van der Waals surface area (Å²) in [6.07, 6.45) is 3.14. The first-order valence-electron chi connectivity index (χ1n) is 7.54. The molecule has 2 rings (SSSR count). The number of esters is 1. The lowest BCUT2D eigenvalue weighted by atomic mass is 9.77. The minimum atomic E-state index is -0.252. The van der Waals surface area contributed by atoms with Crippen molar-refractivity contribution in [3.05, 3.63) is 21.4 Å². The van der Waals surface area contributed by atoms with Crippen LogP contribution in [0.15, 0.2) is 6.07 Å². The van der Waals surface area contributed by atoms with Gasteiger partial charge >= 0.3 is 5.97 Å². The quantitative estimate of drug-likeness (QED) is 0.850. The molecule has 5 heteroatoms. The molecule has 0 saturated carbocycles. The molecule has 0 bridgehead atoms. The Hall–Kier alpha value is -0.910. The molecule has 1 aliphatic heterocycles. The number of aryl methyl sites for hydroxylation is 1. The van der Waals surface area contributed by atoms with Crippen LogP contribution in [-0.2, 0) is 11.3 Å². The number of carbonyl (C=O) groups excluding carboxylic acids is 1. The number of thiophene rings is 1. The Morgan fingerprint density at radius 3 is 2.67 bits per heavy atom. The van der Waals surface area contributed by atoms with E-state index in [0.717, 1.165) is 38.9 Å². The minimum Gasteiger partial charge on any atom is -0.465 e. The fraction of sp³-hybridized carbons (Fsp3) is 0.688. The Morgan fingerprint density at radius 1 is 1.48 bits per heavy atom. The molecular weight excluding hydrogens is 286 g/mol. The number of hydrogen-bond donors (Lipinski definition) is 1. The van der Waals surface area contributed by atoms with Gasteiger partial charge in [0.1, 0.15) is 4.88 Å². The minimum absolute atomic E-state index is 0.122. The second-order valence-corrected chi connectivity index (χ2v) is 7.23. The Morgan fingerprint density at radius 2 is 2.14 bits per heavy atom. The molecule has 0 atom stereocenters. The monoisotopic (exact) mass is 311 g/mol. The molecule has 1 fully saturated rings. The topological polar surface area (TPSA) is 49.8 Å². The first-order valence-corrected chi connectivity index (χ1v) is 8.36. The van der Waals surface area contributed by atoms with Crippen LogP contribution in [0.1, 0.15) is 46.3 Å². The van der Waals surface area contributed by atoms with Crippen molar-refractivity contribution in [2.75, 3.05) is 26.8 Å². The summed E-state index contributed by atoms with van der Waals surface area (Å²) in [6, 6.07) is 1.96. The van der Waals surface area contributed by atoms with E-state index in [-0.39, 0.29) is 11.4 Å². The van der Waals surface area contributed by atoms with Crippen LogP contribution in [0.5, 0.6) is 0 Å². The van der Waals surface area contributed by atoms with Gasteiger partial charge in [-0.1, -0.05) is 6.92 Å². The number of likely N-dealkylation sites (tertiary alicyclic amines) is 1. The molecule has 4 nitrogen and oxygen atoms in total. The fourth-order valence-corrected chi connectivity index (χ4v) is 3.88. The summed E-state index contributed by atoms with van der Waals surface area (Å²) in [5.41, 5.74) is 1.34. The van der Waals surface area contributed by atoms with Crippen molar-refractivity contribution in [3.8, 4) is 0 Å². The van der Waals surface area contributed by atoms with Crippen LogP contribution in [0.4, 0.5) is 0 Å². The van der Waals surface area contributed by atoms with Gasteiger partial charge < -0.3 is 9.84 Å². The summed E-state index contributed by atoms with van der Waals surface area (Å²) in [7, 11) is 1.42. The lowest BCUT2D eigenvalue weighted by molar-refractivity contribution is 0.0382. The molecule has 0 spiro atoms. The zero-order valence-corrected chi connectivity index (χ0v) is 14.0. The van der Waals surface area contributed by atoms with E-state index < -0.39 is 0 Å². The smallest absolute Gasteiger partial charge is 0.348 e. The molecule has 1 saturated heterocycles. The highest BCUT2D eigenvalue weighted by Crippen LogP contribution is 2.35. The molecule has 1 aliphatic rings. The summed E-state index contributed by atoms with van der Waals surface area (Å²) < 4.78 is 4.78. The predicted octanol–water partition coefficient (Wildman–Crippen LogP) is 2.83. The van der Waals surface area contributed by atoms with Crippen LogP contribution in [0.25, 0.3) is 0 Å². The molecule has 0 amide bonds. The number of hydrogen-bond acceptors (Lipinski definition) is 5. The van der Waals surface area contributed by atoms with Gasteiger partial charge in [0.05, 0.1) is 7.11 Å². The van der Waals surface area contributed by atoms with Crippen molar-refractivity contribution in [2.24, 2.45) is 5.41 Å². The van der Waals surface area contributed by atoms with Crippen molar-refractivity contribution in [2.45, 2.75) is 39.7 Å². The number of aliphatic hydroxyl groups is 1. The van der Waals surface area contributed by atoms with Gasteiger partial charge in [-0.3, -0.25) is 4.90 Å². The molecule has 0 aliphatic carbocycles. The zero-order chi connectivity index (χ0) is 15.5. The Balaban J connectivity index is 1.98. The van der Waals surface area contributed by atoms with E-state index in [9.17, 15) is 9.90 Å². The number of piperidine rings is 1. The maximum atomic E-state index is 11.6. The number of aliphatic hydroxyl groups excluding tert-OH is 1. The number of ether oxygens (including phenoxy) is 1. The molecule has 0 aromatic carbocycles. The summed E-state index contributed by atoms with van der Waals surface area (Å²) in [5, 5.41) is 9.58. The third kappa shape index (κ3) is 3.65. The maximum Gasteiger partial charge on any atom is 0.348 e. The first kappa shape index (κ1) is 16.5. The first-order chi connectivity index (χ1) is 10.0. The van der Waals surface area contributed by atoms with Crippen LogP contribution in [-0.4, -0.2) is 42.8 Å². The number of carbonyl (C=O) groups is 1. The zero-order valence-electron chi connectivity index (χ0n) is 13.1. The van der Waals surface area contributed by atoms with Crippen molar-refractivity contribution < 1.29 is 14.6 Å². The maximum absolute atomic E-state index is 11.6. The van der Waals surface area contributed by atoms with Crippen LogP contribution >= 0.6 is 11.3 Å². The average Bonchev–Trinajstić information content (AvgIpc) is 2.88. The van der Waals surface area contributed by atoms with E-state index in [2.05, 4.69) is 18.7 Å². The molecule has 0 radical (unpaired) electrons. The summed E-state index contributed by atoms with van der Waals surface area (Å²) in [5.74, 6) is -0.252. The summed E-state index contributed by atoms with van der Waals surface area (Å²) in [6.45, 7) is 7.42. The van der Waals surface area contributed by atoms with Crippen molar-refractivity contribution >= 4 is 17.3 Å². The Bertz CT molecular complexity index is 484. The number of rotatable bonds is 5. The molecule has 1 aromatic rings. The molecule has 2 heterocycles. The van der Waals surface area contributed by atoms with Gasteiger partial charge in [0.25, 0.3) is 0 Å². The van der Waals surface area contributed by atoms with Crippen molar-refractivity contribution in [1.29, 1.82) is 0 Å². The van der Waals surface area contributed by atoms with Crippen LogP contribution in [0.2, 0.25) is 0 Å². The SMILES string of the molecule is CCC1(CO)CCN(Cc2cc(C(=O)OC)sc2C)CC1. The van der Waals surface area contributed by atoms with E-state index in [1.807, 2.05) is 6.07 Å². The summed E-state index contributed by atoms with van der Waals surface area (Å²) in [4.78, 5) is 15.9. The van der Waals surface area contributed by atoms with E-state index >= 15 is 0 Å². The largest absolute Gasteiger partial charge is 0.465 e. The summed E-state index contributed by atoms with van der Waals surface area (Å²) >= 11 is 1.50. The predicted molar refractivity (Wildman–Crippen MR) is 84.7 cm³/mol. The van der Waals surface area contributed by atoms with Crippen LogP contribution in [0.3, 0.4) is 0 Å². The van der Waals surface area contributed by atoms with E-state index in [1.54, 1.807) is 0 Å². The third-order valence-corrected chi connectivity index (χ3v) is 5.88. The van der Waals surface area contributed by atoms with Gasteiger partial charge in [0.15, 0.2) is 0 Å². The lowest BCUT2D eigenvalue weighted by Crippen LogP contribution is -2.41. The third-order valence-electron chi connectivity index (χ3n) is 4.80. The molecule has 21 heavy (non-hydrogen) atoms. The number of methoxy groups -OCH3 is 1. The fourth-order valence-electron chi connectivity index (χ4n) is 2.93. The van der Waals surface area contributed by atoms with Crippen LogP contribution < -0.4 is 0 Å².